The molecule has 12 nitrogen and oxygen atoms in total. The van der Waals surface area contributed by atoms with Crippen molar-refractivity contribution in [2.24, 2.45) is 0 Å². The normalized spacial score (nSPS) is 16.9. The fourth-order valence-corrected chi connectivity index (χ4v) is 12.4. The lowest BCUT2D eigenvalue weighted by Gasteiger charge is -2.31. The quantitative estimate of drug-likeness (QED) is 0.0235. The number of unbranched alkanes of at least 4 members (excludes halogenated alkanes) is 8. The molecule has 6 N–H and O–H groups in total. The fraction of sp³-hybridized carbons (Fsp3) is 0.600. The first-order chi connectivity index (χ1) is 35.3. The van der Waals surface area contributed by atoms with Gasteiger partial charge in [-0.2, -0.15) is 0 Å². The maximum atomic E-state index is 12.3. The van der Waals surface area contributed by atoms with E-state index in [0.717, 1.165) is 77.0 Å². The summed E-state index contributed by atoms with van der Waals surface area (Å²) >= 11 is 0. The van der Waals surface area contributed by atoms with Crippen LogP contribution in [0.1, 0.15) is 254 Å². The highest BCUT2D eigenvalue weighted by atomic mass is 31.2. The largest absolute Gasteiger partial charge is 0.508 e. The van der Waals surface area contributed by atoms with Crippen LogP contribution in [0.15, 0.2) is 48.5 Å². The van der Waals surface area contributed by atoms with Crippen LogP contribution < -0.4 is 9.05 Å². The van der Waals surface area contributed by atoms with Gasteiger partial charge in [-0.15, -0.1) is 0 Å². The molecular formula is C60H90O12P2. The van der Waals surface area contributed by atoms with Crippen LogP contribution in [0, 0.1) is 0 Å². The van der Waals surface area contributed by atoms with Gasteiger partial charge in [-0.3, -0.25) is 18.1 Å². The van der Waals surface area contributed by atoms with Gasteiger partial charge in [-0.05, 0) is 105 Å². The Labute approximate surface area is 446 Å². The second-order valence-corrected chi connectivity index (χ2v) is 23.4. The van der Waals surface area contributed by atoms with E-state index in [2.05, 4.69) is 33.8 Å². The number of benzene rings is 4. The zero-order valence-electron chi connectivity index (χ0n) is 46.6. The van der Waals surface area contributed by atoms with Gasteiger partial charge in [-0.1, -0.05) is 105 Å². The number of phenolic OH excluding ortho intramolecular Hbond substituents is 6. The summed E-state index contributed by atoms with van der Waals surface area (Å²) in [5.41, 5.74) is 4.64. The molecule has 0 spiro atoms. The van der Waals surface area contributed by atoms with Gasteiger partial charge in [0.05, 0.1) is 24.4 Å². The molecule has 4 aromatic rings. The summed E-state index contributed by atoms with van der Waals surface area (Å²) in [4.78, 5) is 0. The molecule has 74 heavy (non-hydrogen) atoms. The maximum Gasteiger partial charge on any atom is 0.397 e. The lowest BCUT2D eigenvalue weighted by atomic mass is 9.76. The van der Waals surface area contributed by atoms with E-state index in [1.165, 1.54) is 18.2 Å². The monoisotopic (exact) mass is 1060 g/mol. The van der Waals surface area contributed by atoms with Gasteiger partial charge < -0.3 is 39.7 Å². The van der Waals surface area contributed by atoms with Crippen LogP contribution in [0.5, 0.6) is 46.0 Å². The Morgan fingerprint density at radius 2 is 0.541 bits per heavy atom. The van der Waals surface area contributed by atoms with Crippen LogP contribution in [-0.4, -0.2) is 55.1 Å². The number of fused-ring (bicyclic) bond motifs is 8. The van der Waals surface area contributed by atoms with E-state index in [4.69, 9.17) is 27.1 Å². The van der Waals surface area contributed by atoms with Crippen molar-refractivity contribution in [2.75, 3.05) is 0 Å². The molecule has 412 valence electrons. The highest BCUT2D eigenvalue weighted by molar-refractivity contribution is 7.42. The number of phenols is 6. The van der Waals surface area contributed by atoms with E-state index >= 15 is 0 Å². The molecule has 4 aromatic carbocycles. The molecule has 0 heterocycles. The van der Waals surface area contributed by atoms with Crippen molar-refractivity contribution in [3.8, 4) is 46.0 Å². The Balaban J connectivity index is 2.07. The number of aromatic hydroxyl groups is 6. The third-order valence-corrected chi connectivity index (χ3v) is 16.7. The third-order valence-electron chi connectivity index (χ3n) is 13.6. The van der Waals surface area contributed by atoms with Gasteiger partial charge in [0.2, 0.25) is 0 Å². The predicted molar refractivity (Wildman–Crippen MR) is 300 cm³/mol. The maximum absolute atomic E-state index is 12.3. The molecule has 1 aliphatic rings. The molecule has 0 aliphatic heterocycles. The average Bonchev–Trinajstić information content (AvgIpc) is 3.30. The van der Waals surface area contributed by atoms with Crippen molar-refractivity contribution >= 4 is 17.2 Å². The van der Waals surface area contributed by atoms with E-state index in [9.17, 15) is 30.6 Å². The first-order valence-corrected chi connectivity index (χ1v) is 30.0. The molecule has 4 unspecified atom stereocenters. The molecule has 0 fully saturated rings. The molecule has 0 saturated carbocycles. The van der Waals surface area contributed by atoms with Crippen LogP contribution in [0.2, 0.25) is 0 Å². The Bertz CT molecular complexity index is 2200. The molecule has 8 bridgehead atoms. The van der Waals surface area contributed by atoms with E-state index < -0.39 is 40.9 Å². The van der Waals surface area contributed by atoms with Crippen molar-refractivity contribution < 1.29 is 57.8 Å². The number of hydrogen-bond acceptors (Lipinski definition) is 12. The van der Waals surface area contributed by atoms with E-state index in [1.807, 2.05) is 79.7 Å². The summed E-state index contributed by atoms with van der Waals surface area (Å²) in [6, 6.07) is 13.8. The Morgan fingerprint density at radius 3 is 0.757 bits per heavy atom. The Morgan fingerprint density at radius 1 is 0.324 bits per heavy atom. The average molecular weight is 1070 g/mol. The molecule has 5 rings (SSSR count). The van der Waals surface area contributed by atoms with Crippen molar-refractivity contribution in [2.45, 2.75) is 234 Å². The lowest BCUT2D eigenvalue weighted by Crippen LogP contribution is -2.14. The van der Waals surface area contributed by atoms with Gasteiger partial charge >= 0.3 is 17.2 Å². The van der Waals surface area contributed by atoms with Crippen LogP contribution in [0.4, 0.5) is 0 Å². The molecule has 14 heteroatoms. The summed E-state index contributed by atoms with van der Waals surface area (Å²) in [7, 11) is -4.01. The SMILES string of the molecule is CCCCCC1c2cc(c(O)cc2O)C(CCCCC)c2cc(c(O)cc2O)C(CCCCC)c2cc(c(OP(OC(C)C)OC(C)C)cc2OP(OC(C)C)OC(C)C)C(CCCCC)c2cc1c(O)cc2O. The minimum absolute atomic E-state index is 0.0979. The third kappa shape index (κ3) is 16.5. The fourth-order valence-electron chi connectivity index (χ4n) is 10.1. The van der Waals surface area contributed by atoms with Crippen molar-refractivity contribution in [3.05, 3.63) is 93.0 Å². The summed E-state index contributed by atoms with van der Waals surface area (Å²) in [6.07, 6.45) is 11.7. The van der Waals surface area contributed by atoms with Crippen molar-refractivity contribution in [1.29, 1.82) is 0 Å². The zero-order chi connectivity index (χ0) is 54.2. The topological polar surface area (TPSA) is 177 Å². The Kier molecular flexibility index (Phi) is 24.2. The highest BCUT2D eigenvalue weighted by Crippen LogP contribution is 2.56. The number of rotatable bonds is 28. The van der Waals surface area contributed by atoms with E-state index in [-0.39, 0.29) is 58.9 Å². The summed E-state index contributed by atoms with van der Waals surface area (Å²) in [6.45, 7) is 24.0. The van der Waals surface area contributed by atoms with E-state index in [1.54, 1.807) is 0 Å². The Hall–Kier alpha value is -4.02. The molecule has 0 amide bonds. The molecule has 0 radical (unpaired) electrons. The second-order valence-electron chi connectivity index (χ2n) is 21.3. The van der Waals surface area contributed by atoms with Crippen LogP contribution in [-0.2, 0) is 18.1 Å². The lowest BCUT2D eigenvalue weighted by molar-refractivity contribution is 0.142. The first kappa shape index (κ1) is 60.8. The van der Waals surface area contributed by atoms with Gasteiger partial charge in [0.15, 0.2) is 0 Å². The minimum Gasteiger partial charge on any atom is -0.508 e. The van der Waals surface area contributed by atoms with Gasteiger partial charge in [-0.25, -0.2) is 0 Å². The zero-order valence-corrected chi connectivity index (χ0v) is 48.4. The number of hydrogen-bond donors (Lipinski definition) is 6. The van der Waals surface area contributed by atoms with Crippen molar-refractivity contribution in [1.82, 2.24) is 0 Å². The molecule has 0 aromatic heterocycles. The summed E-state index contributed by atoms with van der Waals surface area (Å²) < 4.78 is 39.6. The molecule has 1 aliphatic carbocycles. The molecular weight excluding hydrogens is 975 g/mol. The second kappa shape index (κ2) is 29.5. The van der Waals surface area contributed by atoms with Crippen LogP contribution in [0.3, 0.4) is 0 Å². The summed E-state index contributed by atoms with van der Waals surface area (Å²) in [5.74, 6) is -2.10. The molecule has 0 saturated heterocycles. The van der Waals surface area contributed by atoms with Crippen LogP contribution >= 0.6 is 17.2 Å². The predicted octanol–water partition coefficient (Wildman–Crippen LogP) is 18.0. The summed E-state index contributed by atoms with van der Waals surface area (Å²) in [5, 5.41) is 72.8. The standard InChI is InChI=1S/C60H90O12P2/c1-13-17-21-25-41-45-29-46(54(62)33-53(45)61)42(26-22-18-14-2)48-31-50(58(66)35-56(48)64)44(28-24-20-16-4)52-32-51(43(27-23-19-15-3)49-30-47(41)55(63)34-57(49)65)59(71-73(67-37(5)6)68-38(7)8)36-60(52)72-74(69-39(9)10)70-40(11)12/h29-44,61-66H,13-28H2,1-12H3. The van der Waals surface area contributed by atoms with Gasteiger partial charge in [0.1, 0.15) is 46.0 Å². The molecule has 4 atom stereocenters. The van der Waals surface area contributed by atoms with Gasteiger partial charge in [0, 0.05) is 92.4 Å². The highest BCUT2D eigenvalue weighted by Gasteiger charge is 2.36. The van der Waals surface area contributed by atoms with Crippen LogP contribution in [0.25, 0.3) is 0 Å². The van der Waals surface area contributed by atoms with E-state index in [0.29, 0.717) is 81.7 Å². The first-order valence-electron chi connectivity index (χ1n) is 27.8. The van der Waals surface area contributed by atoms with Crippen molar-refractivity contribution in [3.63, 3.8) is 0 Å². The van der Waals surface area contributed by atoms with Gasteiger partial charge in [0.25, 0.3) is 0 Å². The smallest absolute Gasteiger partial charge is 0.397 e. The minimum atomic E-state index is -2.01.